The van der Waals surface area contributed by atoms with E-state index in [1.54, 1.807) is 6.07 Å². The molecule has 2 aliphatic rings. The fourth-order valence-corrected chi connectivity index (χ4v) is 3.82. The van der Waals surface area contributed by atoms with Crippen molar-refractivity contribution in [2.75, 3.05) is 32.8 Å². The molecule has 0 amide bonds. The smallest absolute Gasteiger partial charge is 0.141 e. The Bertz CT molecular complexity index is 511. The summed E-state index contributed by atoms with van der Waals surface area (Å²) in [5, 5.41) is 0.208. The van der Waals surface area contributed by atoms with Gasteiger partial charge in [0.2, 0.25) is 0 Å². The lowest BCUT2D eigenvalue weighted by Gasteiger charge is -2.48. The van der Waals surface area contributed by atoms with E-state index in [9.17, 15) is 4.39 Å². The normalized spacial score (nSPS) is 26.9. The molecule has 2 saturated heterocycles. The van der Waals surface area contributed by atoms with E-state index in [0.717, 1.165) is 45.0 Å². The van der Waals surface area contributed by atoms with Crippen LogP contribution >= 0.6 is 11.6 Å². The van der Waals surface area contributed by atoms with Gasteiger partial charge in [0.1, 0.15) is 5.82 Å². The summed E-state index contributed by atoms with van der Waals surface area (Å²) in [5.41, 5.74) is 1.07. The van der Waals surface area contributed by atoms with Crippen LogP contribution in [0, 0.1) is 5.82 Å². The Morgan fingerprint density at radius 2 is 2.18 bits per heavy atom. The molecule has 0 unspecified atom stereocenters. The number of ether oxygens (including phenoxy) is 1. The van der Waals surface area contributed by atoms with Gasteiger partial charge in [-0.3, -0.25) is 9.80 Å². The van der Waals surface area contributed by atoms with Gasteiger partial charge >= 0.3 is 0 Å². The summed E-state index contributed by atoms with van der Waals surface area (Å²) in [5.74, 6) is -0.349. The van der Waals surface area contributed by atoms with Crippen molar-refractivity contribution in [3.63, 3.8) is 0 Å². The van der Waals surface area contributed by atoms with Gasteiger partial charge in [0.05, 0.1) is 18.2 Å². The van der Waals surface area contributed by atoms with Gasteiger partial charge in [-0.2, -0.15) is 0 Å². The third-order valence-corrected chi connectivity index (χ3v) is 5.00. The monoisotopic (exact) mass is 326 g/mol. The van der Waals surface area contributed by atoms with Gasteiger partial charge < -0.3 is 4.74 Å². The van der Waals surface area contributed by atoms with E-state index in [0.29, 0.717) is 12.1 Å². The van der Waals surface area contributed by atoms with Crippen molar-refractivity contribution in [3.05, 3.63) is 34.6 Å². The van der Waals surface area contributed by atoms with Crippen molar-refractivity contribution in [3.8, 4) is 0 Å². The fraction of sp³-hybridized carbons (Fsp3) is 0.647. The zero-order valence-corrected chi connectivity index (χ0v) is 13.9. The number of fused-ring (bicyclic) bond motifs is 1. The van der Waals surface area contributed by atoms with Crippen molar-refractivity contribution in [2.45, 2.75) is 38.4 Å². The highest BCUT2D eigenvalue weighted by atomic mass is 35.5. The first kappa shape index (κ1) is 16.2. The maximum Gasteiger partial charge on any atom is 0.141 e. The predicted octanol–water partition coefficient (Wildman–Crippen LogP) is 3.16. The predicted molar refractivity (Wildman–Crippen MR) is 86.7 cm³/mol. The van der Waals surface area contributed by atoms with Gasteiger partial charge in [-0.15, -0.1) is 0 Å². The molecule has 122 valence electrons. The molecular weight excluding hydrogens is 303 g/mol. The Hall–Kier alpha value is -0.680. The maximum absolute atomic E-state index is 13.2. The Morgan fingerprint density at radius 3 is 2.95 bits per heavy atom. The molecule has 2 atom stereocenters. The Morgan fingerprint density at radius 1 is 1.32 bits per heavy atom. The number of morpholine rings is 1. The molecule has 0 saturated carbocycles. The number of hydrogen-bond acceptors (Lipinski definition) is 3. The third-order valence-electron chi connectivity index (χ3n) is 4.71. The van der Waals surface area contributed by atoms with E-state index in [1.165, 1.54) is 18.9 Å². The van der Waals surface area contributed by atoms with E-state index in [-0.39, 0.29) is 10.8 Å². The molecule has 1 aromatic carbocycles. The first-order valence-electron chi connectivity index (χ1n) is 8.17. The molecule has 2 aliphatic heterocycles. The summed E-state index contributed by atoms with van der Waals surface area (Å²) >= 11 is 5.87. The fourth-order valence-electron chi connectivity index (χ4n) is 3.62. The maximum atomic E-state index is 13.2. The van der Waals surface area contributed by atoms with Crippen molar-refractivity contribution in [2.24, 2.45) is 0 Å². The highest BCUT2D eigenvalue weighted by Crippen LogP contribution is 2.23. The molecule has 0 aliphatic carbocycles. The summed E-state index contributed by atoms with van der Waals surface area (Å²) in [6, 6.07) is 6.07. The van der Waals surface area contributed by atoms with Crippen molar-refractivity contribution in [1.29, 1.82) is 0 Å². The largest absolute Gasteiger partial charge is 0.378 e. The van der Waals surface area contributed by atoms with Crippen LogP contribution in [0.2, 0.25) is 5.02 Å². The number of halogens is 2. The van der Waals surface area contributed by atoms with Crippen LogP contribution in [0.4, 0.5) is 4.39 Å². The summed E-state index contributed by atoms with van der Waals surface area (Å²) in [7, 11) is 0. The van der Waals surface area contributed by atoms with E-state index in [1.807, 2.05) is 6.07 Å². The standard InChI is InChI=1S/C17H24ClFN2O/c1-2-3-14-11-22-12-15-10-20(6-7-21(14)15)9-13-4-5-17(19)16(18)8-13/h4-5,8,14-15H,2-3,6-7,9-12H2,1H3/t14-,15+/m0/s1. The minimum atomic E-state index is -0.349. The summed E-state index contributed by atoms with van der Waals surface area (Å²) in [4.78, 5) is 5.05. The molecule has 0 bridgehead atoms. The first-order chi connectivity index (χ1) is 10.7. The lowest BCUT2D eigenvalue weighted by molar-refractivity contribution is -0.0840. The Balaban J connectivity index is 1.60. The van der Waals surface area contributed by atoms with Crippen LogP contribution in [0.3, 0.4) is 0 Å². The minimum absolute atomic E-state index is 0.208. The van der Waals surface area contributed by atoms with Crippen molar-refractivity contribution >= 4 is 11.6 Å². The number of rotatable bonds is 4. The van der Waals surface area contributed by atoms with Crippen LogP contribution < -0.4 is 0 Å². The zero-order chi connectivity index (χ0) is 15.5. The molecule has 0 aromatic heterocycles. The van der Waals surface area contributed by atoms with Gasteiger partial charge in [0.25, 0.3) is 0 Å². The molecule has 2 heterocycles. The number of nitrogens with zero attached hydrogens (tertiary/aromatic N) is 2. The molecule has 5 heteroatoms. The van der Waals surface area contributed by atoms with E-state index >= 15 is 0 Å². The minimum Gasteiger partial charge on any atom is -0.378 e. The van der Waals surface area contributed by atoms with Crippen molar-refractivity contribution < 1.29 is 9.13 Å². The van der Waals surface area contributed by atoms with Gasteiger partial charge in [0.15, 0.2) is 0 Å². The SMILES string of the molecule is CCC[C@H]1COC[C@H]2CN(Cc3ccc(F)c(Cl)c3)CCN12. The lowest BCUT2D eigenvalue weighted by Crippen LogP contribution is -2.61. The highest BCUT2D eigenvalue weighted by molar-refractivity contribution is 6.30. The Labute approximate surface area is 137 Å². The number of hydrogen-bond donors (Lipinski definition) is 0. The van der Waals surface area contributed by atoms with Gasteiger partial charge in [-0.25, -0.2) is 4.39 Å². The first-order valence-corrected chi connectivity index (χ1v) is 8.55. The van der Waals surface area contributed by atoms with Crippen LogP contribution in [0.25, 0.3) is 0 Å². The number of benzene rings is 1. The van der Waals surface area contributed by atoms with E-state index in [2.05, 4.69) is 16.7 Å². The van der Waals surface area contributed by atoms with Crippen LogP contribution in [-0.2, 0) is 11.3 Å². The zero-order valence-electron chi connectivity index (χ0n) is 13.1. The second-order valence-corrected chi connectivity index (χ2v) is 6.76. The molecule has 1 aromatic rings. The summed E-state index contributed by atoms with van der Waals surface area (Å²) in [6.07, 6.45) is 2.42. The molecule has 3 rings (SSSR count). The highest BCUT2D eigenvalue weighted by Gasteiger charge is 2.34. The molecule has 22 heavy (non-hydrogen) atoms. The molecule has 0 N–H and O–H groups in total. The average Bonchev–Trinajstić information content (AvgIpc) is 2.51. The van der Waals surface area contributed by atoms with E-state index < -0.39 is 0 Å². The van der Waals surface area contributed by atoms with Crippen LogP contribution in [0.5, 0.6) is 0 Å². The van der Waals surface area contributed by atoms with Crippen molar-refractivity contribution in [1.82, 2.24) is 9.80 Å². The average molecular weight is 327 g/mol. The summed E-state index contributed by atoms with van der Waals surface area (Å²) < 4.78 is 19.0. The van der Waals surface area contributed by atoms with E-state index in [4.69, 9.17) is 16.3 Å². The molecule has 0 spiro atoms. The topological polar surface area (TPSA) is 15.7 Å². The lowest BCUT2D eigenvalue weighted by atomic mass is 10.0. The Kier molecular flexibility index (Phi) is 5.34. The van der Waals surface area contributed by atoms with Gasteiger partial charge in [-0.05, 0) is 24.1 Å². The molecule has 2 fully saturated rings. The van der Waals surface area contributed by atoms with Gasteiger partial charge in [0, 0.05) is 38.3 Å². The third kappa shape index (κ3) is 3.62. The quantitative estimate of drug-likeness (QED) is 0.845. The molecule has 3 nitrogen and oxygen atoms in total. The van der Waals surface area contributed by atoms with Crippen LogP contribution in [-0.4, -0.2) is 54.7 Å². The van der Waals surface area contributed by atoms with Crippen LogP contribution in [0.1, 0.15) is 25.3 Å². The summed E-state index contributed by atoms with van der Waals surface area (Å²) in [6.45, 7) is 7.90. The molecule has 0 radical (unpaired) electrons. The van der Waals surface area contributed by atoms with Crippen LogP contribution in [0.15, 0.2) is 18.2 Å². The number of piperazine rings is 1. The van der Waals surface area contributed by atoms with Gasteiger partial charge in [-0.1, -0.05) is 31.0 Å². The molecular formula is C17H24ClFN2O. The second kappa shape index (κ2) is 7.26. The second-order valence-electron chi connectivity index (χ2n) is 6.36.